The van der Waals surface area contributed by atoms with Crippen LogP contribution in [-0.2, 0) is 6.42 Å². The van der Waals surface area contributed by atoms with Crippen molar-refractivity contribution in [2.45, 2.75) is 47.0 Å². The van der Waals surface area contributed by atoms with E-state index in [9.17, 15) is 5.11 Å². The number of aliphatic hydroxyl groups excluding tert-OH is 1. The van der Waals surface area contributed by atoms with Gasteiger partial charge in [-0.05, 0) is 62.6 Å². The minimum Gasteiger partial charge on any atom is -0.396 e. The SMILES string of the molecule is C=C(C)CCC(C=C(C)C=C(C=NC)c1cnc(-c2cccc(-c3ccc(CC)nc3)c2)nc1)C(C)CO. The fraction of sp³-hybridized carbons (Fsp3) is 0.333. The molecule has 2 unspecified atom stereocenters. The van der Waals surface area contributed by atoms with Crippen molar-refractivity contribution in [3.05, 3.63) is 96.1 Å². The van der Waals surface area contributed by atoms with Gasteiger partial charge in [0.15, 0.2) is 5.82 Å². The maximum absolute atomic E-state index is 9.74. The van der Waals surface area contributed by atoms with Crippen LogP contribution in [0, 0.1) is 11.8 Å². The summed E-state index contributed by atoms with van der Waals surface area (Å²) in [7, 11) is 1.76. The minimum atomic E-state index is 0.161. The van der Waals surface area contributed by atoms with Crippen LogP contribution in [0.25, 0.3) is 28.1 Å². The summed E-state index contributed by atoms with van der Waals surface area (Å²) in [6, 6.07) is 12.4. The molecule has 0 saturated carbocycles. The van der Waals surface area contributed by atoms with E-state index in [-0.39, 0.29) is 18.4 Å². The monoisotopic (exact) mass is 508 g/mol. The Morgan fingerprint density at radius 1 is 1.03 bits per heavy atom. The molecule has 5 nitrogen and oxygen atoms in total. The zero-order valence-corrected chi connectivity index (χ0v) is 23.4. The largest absolute Gasteiger partial charge is 0.396 e. The maximum Gasteiger partial charge on any atom is 0.159 e. The highest BCUT2D eigenvalue weighted by atomic mass is 16.3. The van der Waals surface area contributed by atoms with Crippen LogP contribution >= 0.6 is 0 Å². The van der Waals surface area contributed by atoms with Gasteiger partial charge in [0.25, 0.3) is 0 Å². The molecule has 0 aliphatic carbocycles. The topological polar surface area (TPSA) is 71.3 Å². The normalized spacial score (nSPS) is 14.1. The maximum atomic E-state index is 9.74. The molecule has 0 spiro atoms. The van der Waals surface area contributed by atoms with Gasteiger partial charge in [0.2, 0.25) is 0 Å². The average molecular weight is 509 g/mol. The van der Waals surface area contributed by atoms with E-state index in [0.29, 0.717) is 5.82 Å². The molecule has 0 radical (unpaired) electrons. The Morgan fingerprint density at radius 2 is 1.76 bits per heavy atom. The fourth-order valence-electron chi connectivity index (χ4n) is 4.31. The van der Waals surface area contributed by atoms with Crippen LogP contribution in [0.4, 0.5) is 0 Å². The van der Waals surface area contributed by atoms with E-state index in [1.807, 2.05) is 43.9 Å². The third kappa shape index (κ3) is 8.15. The number of allylic oxidation sites excluding steroid dienone is 5. The number of hydrogen-bond acceptors (Lipinski definition) is 5. The van der Waals surface area contributed by atoms with Crippen LogP contribution in [0.3, 0.4) is 0 Å². The van der Waals surface area contributed by atoms with E-state index >= 15 is 0 Å². The van der Waals surface area contributed by atoms with Crippen LogP contribution in [-0.4, -0.2) is 39.9 Å². The van der Waals surface area contributed by atoms with Crippen LogP contribution in [0.15, 0.2) is 89.9 Å². The molecule has 0 aliphatic rings. The van der Waals surface area contributed by atoms with E-state index < -0.39 is 0 Å². The van der Waals surface area contributed by atoms with Gasteiger partial charge < -0.3 is 5.11 Å². The number of rotatable bonds is 12. The Labute approximate surface area is 227 Å². The summed E-state index contributed by atoms with van der Waals surface area (Å²) in [5, 5.41) is 9.74. The van der Waals surface area contributed by atoms with Crippen LogP contribution < -0.4 is 0 Å². The van der Waals surface area contributed by atoms with Gasteiger partial charge in [-0.25, -0.2) is 9.97 Å². The Bertz CT molecular complexity index is 1290. The van der Waals surface area contributed by atoms with Gasteiger partial charge in [-0.2, -0.15) is 0 Å². The lowest BCUT2D eigenvalue weighted by Gasteiger charge is -2.20. The quantitative estimate of drug-likeness (QED) is 0.157. The number of nitrogens with zero attached hydrogens (tertiary/aromatic N) is 4. The Hall–Kier alpha value is -3.70. The summed E-state index contributed by atoms with van der Waals surface area (Å²) in [5.74, 6) is 1.12. The Morgan fingerprint density at radius 3 is 2.37 bits per heavy atom. The van der Waals surface area contributed by atoms with Gasteiger partial charge >= 0.3 is 0 Å². The summed E-state index contributed by atoms with van der Waals surface area (Å²) in [6.07, 6.45) is 14.6. The lowest BCUT2D eigenvalue weighted by molar-refractivity contribution is 0.202. The molecule has 2 aromatic heterocycles. The van der Waals surface area contributed by atoms with Crippen LogP contribution in [0.5, 0.6) is 0 Å². The first kappa shape index (κ1) is 28.9. The zero-order valence-electron chi connectivity index (χ0n) is 23.4. The first-order chi connectivity index (χ1) is 18.3. The lowest BCUT2D eigenvalue weighted by atomic mass is 9.87. The molecule has 38 heavy (non-hydrogen) atoms. The molecule has 198 valence electrons. The average Bonchev–Trinajstić information content (AvgIpc) is 2.94. The van der Waals surface area contributed by atoms with E-state index in [2.05, 4.69) is 83.7 Å². The molecule has 5 heteroatoms. The van der Waals surface area contributed by atoms with Gasteiger partial charge in [0.1, 0.15) is 0 Å². The van der Waals surface area contributed by atoms with Gasteiger partial charge in [0, 0.05) is 66.4 Å². The predicted molar refractivity (Wildman–Crippen MR) is 160 cm³/mol. The van der Waals surface area contributed by atoms with Gasteiger partial charge in [0.05, 0.1) is 0 Å². The Balaban J connectivity index is 1.85. The molecule has 3 rings (SSSR count). The molecule has 2 heterocycles. The number of aromatic nitrogens is 3. The Kier molecular flexibility index (Phi) is 10.9. The molecule has 0 aliphatic heterocycles. The molecule has 0 amide bonds. The van der Waals surface area contributed by atoms with Gasteiger partial charge in [-0.3, -0.25) is 9.98 Å². The second kappa shape index (κ2) is 14.3. The minimum absolute atomic E-state index is 0.161. The third-order valence-corrected chi connectivity index (χ3v) is 6.68. The van der Waals surface area contributed by atoms with Gasteiger partial charge in [-0.15, -0.1) is 6.58 Å². The van der Waals surface area contributed by atoms with E-state index in [4.69, 9.17) is 0 Å². The molecule has 0 saturated heterocycles. The molecular weight excluding hydrogens is 468 g/mol. The fourth-order valence-corrected chi connectivity index (χ4v) is 4.31. The van der Waals surface area contributed by atoms with Crippen molar-refractivity contribution in [1.82, 2.24) is 15.0 Å². The lowest BCUT2D eigenvalue weighted by Crippen LogP contribution is -2.14. The van der Waals surface area contributed by atoms with Crippen LogP contribution in [0.1, 0.15) is 51.8 Å². The van der Waals surface area contributed by atoms with Gasteiger partial charge in [-0.1, -0.05) is 61.4 Å². The molecule has 2 atom stereocenters. The summed E-state index contributed by atoms with van der Waals surface area (Å²) in [5.41, 5.74) is 8.32. The van der Waals surface area contributed by atoms with Crippen molar-refractivity contribution < 1.29 is 5.11 Å². The number of pyridine rings is 1. The molecule has 1 N–H and O–H groups in total. The first-order valence-electron chi connectivity index (χ1n) is 13.3. The number of aliphatic hydroxyl groups is 1. The first-order valence-corrected chi connectivity index (χ1v) is 13.3. The molecule has 1 aromatic carbocycles. The number of benzene rings is 1. The summed E-state index contributed by atoms with van der Waals surface area (Å²) in [6.45, 7) is 12.5. The second-order valence-corrected chi connectivity index (χ2v) is 9.99. The van der Waals surface area contributed by atoms with Crippen LogP contribution in [0.2, 0.25) is 0 Å². The molecule has 3 aromatic rings. The van der Waals surface area contributed by atoms with Crippen molar-refractivity contribution in [2.24, 2.45) is 16.8 Å². The number of hydrogen-bond donors (Lipinski definition) is 1. The van der Waals surface area contributed by atoms with E-state index in [1.54, 1.807) is 7.05 Å². The summed E-state index contributed by atoms with van der Waals surface area (Å²) < 4.78 is 0. The zero-order chi connectivity index (χ0) is 27.5. The highest BCUT2D eigenvalue weighted by Crippen LogP contribution is 2.26. The van der Waals surface area contributed by atoms with Crippen molar-refractivity contribution in [1.29, 1.82) is 0 Å². The number of aliphatic imine (C=N–C) groups is 1. The summed E-state index contributed by atoms with van der Waals surface area (Å²) in [4.78, 5) is 18.1. The van der Waals surface area contributed by atoms with E-state index in [0.717, 1.165) is 63.9 Å². The smallest absolute Gasteiger partial charge is 0.159 e. The standard InChI is InChI=1S/C33H40N4O/c1-7-32-14-13-29(19-35-32)27-9-8-10-28(17-27)33-36-20-31(21-37-33)30(18-34-6)16-24(4)15-26(25(5)22-38)12-11-23(2)3/h8-10,13-21,25-26,38H,2,7,11-12,22H2,1,3-6H3. The highest BCUT2D eigenvalue weighted by molar-refractivity contribution is 6.10. The van der Waals surface area contributed by atoms with E-state index in [1.165, 1.54) is 0 Å². The molecule has 0 fully saturated rings. The molecular formula is C33H40N4O. The molecule has 0 bridgehead atoms. The third-order valence-electron chi connectivity index (χ3n) is 6.68. The van der Waals surface area contributed by atoms with Crippen molar-refractivity contribution in [3.63, 3.8) is 0 Å². The van der Waals surface area contributed by atoms with Crippen molar-refractivity contribution in [2.75, 3.05) is 13.7 Å². The second-order valence-electron chi connectivity index (χ2n) is 9.99. The highest BCUT2D eigenvalue weighted by Gasteiger charge is 2.14. The number of aryl methyl sites for hydroxylation is 1. The van der Waals surface area contributed by atoms with Crippen molar-refractivity contribution in [3.8, 4) is 22.5 Å². The van der Waals surface area contributed by atoms with Crippen molar-refractivity contribution >= 4 is 11.8 Å². The summed E-state index contributed by atoms with van der Waals surface area (Å²) >= 11 is 0. The predicted octanol–water partition coefficient (Wildman–Crippen LogP) is 7.40.